The van der Waals surface area contributed by atoms with Crippen LogP contribution < -0.4 is 10.6 Å². The van der Waals surface area contributed by atoms with Gasteiger partial charge in [0, 0.05) is 6.54 Å². The Kier molecular flexibility index (Phi) is 5.99. The highest BCUT2D eigenvalue weighted by Crippen LogP contribution is 2.38. The number of benzene rings is 2. The molecule has 3 N–H and O–H groups in total. The lowest BCUT2D eigenvalue weighted by molar-refractivity contribution is -0.264. The van der Waals surface area contributed by atoms with E-state index >= 15 is 0 Å². The molecule has 0 bridgehead atoms. The van der Waals surface area contributed by atoms with Gasteiger partial charge in [-0.3, -0.25) is 9.59 Å². The Morgan fingerprint density at radius 2 is 1.35 bits per heavy atom. The van der Waals surface area contributed by atoms with Crippen molar-refractivity contribution < 1.29 is 27.9 Å². The molecule has 26 heavy (non-hydrogen) atoms. The van der Waals surface area contributed by atoms with Crippen molar-refractivity contribution in [3.05, 3.63) is 71.8 Å². The molecule has 0 heterocycles. The molecule has 1 atom stereocenters. The second-order valence-electron chi connectivity index (χ2n) is 5.58. The van der Waals surface area contributed by atoms with E-state index in [0.29, 0.717) is 0 Å². The van der Waals surface area contributed by atoms with Crippen LogP contribution in [0.15, 0.2) is 60.7 Å². The van der Waals surface area contributed by atoms with Crippen LogP contribution in [0.2, 0.25) is 0 Å². The SMILES string of the molecule is O=C(NCc1ccccc1)C(=O)NCC(O)(c1ccccc1)C(F)(F)F. The summed E-state index contributed by atoms with van der Waals surface area (Å²) in [5.41, 5.74) is -3.01. The summed E-state index contributed by atoms with van der Waals surface area (Å²) < 4.78 is 39.9. The van der Waals surface area contributed by atoms with Crippen molar-refractivity contribution >= 4 is 11.8 Å². The number of carbonyl (C=O) groups excluding carboxylic acids is 2. The maximum absolute atomic E-state index is 13.3. The Morgan fingerprint density at radius 3 is 1.88 bits per heavy atom. The van der Waals surface area contributed by atoms with Gasteiger partial charge in [0.05, 0.1) is 6.54 Å². The first kappa shape index (κ1) is 19.5. The molecule has 2 aromatic rings. The van der Waals surface area contributed by atoms with Gasteiger partial charge in [-0.05, 0) is 11.1 Å². The van der Waals surface area contributed by atoms with Gasteiger partial charge in [0.25, 0.3) is 0 Å². The topological polar surface area (TPSA) is 78.4 Å². The quantitative estimate of drug-likeness (QED) is 0.707. The third-order valence-electron chi connectivity index (χ3n) is 3.73. The van der Waals surface area contributed by atoms with E-state index in [1.807, 2.05) is 5.32 Å². The molecule has 0 fully saturated rings. The van der Waals surface area contributed by atoms with Crippen molar-refractivity contribution in [1.29, 1.82) is 0 Å². The minimum atomic E-state index is -5.04. The van der Waals surface area contributed by atoms with Gasteiger partial charge in [0.2, 0.25) is 5.60 Å². The molecule has 0 spiro atoms. The number of hydrogen-bond acceptors (Lipinski definition) is 3. The maximum atomic E-state index is 13.3. The smallest absolute Gasteiger partial charge is 0.375 e. The summed E-state index contributed by atoms with van der Waals surface area (Å²) in [7, 11) is 0. The molecule has 0 aliphatic rings. The van der Waals surface area contributed by atoms with Gasteiger partial charge in [-0.25, -0.2) is 0 Å². The highest BCUT2D eigenvalue weighted by atomic mass is 19.4. The first-order valence-electron chi connectivity index (χ1n) is 7.68. The van der Waals surface area contributed by atoms with E-state index in [0.717, 1.165) is 17.7 Å². The molecule has 138 valence electrons. The molecule has 0 saturated carbocycles. The number of nitrogens with one attached hydrogen (secondary N) is 2. The predicted molar refractivity (Wildman–Crippen MR) is 87.7 cm³/mol. The van der Waals surface area contributed by atoms with Crippen molar-refractivity contribution in [3.8, 4) is 0 Å². The van der Waals surface area contributed by atoms with E-state index < -0.39 is 35.7 Å². The zero-order chi connectivity index (χ0) is 19.2. The first-order chi connectivity index (χ1) is 12.2. The van der Waals surface area contributed by atoms with Crippen LogP contribution in [0.3, 0.4) is 0 Å². The van der Waals surface area contributed by atoms with Crippen LogP contribution in [0.25, 0.3) is 0 Å². The molecule has 0 aromatic heterocycles. The largest absolute Gasteiger partial charge is 0.423 e. The van der Waals surface area contributed by atoms with Crippen molar-refractivity contribution in [1.82, 2.24) is 10.6 Å². The van der Waals surface area contributed by atoms with Crippen LogP contribution in [0, 0.1) is 0 Å². The van der Waals surface area contributed by atoms with E-state index in [1.54, 1.807) is 30.3 Å². The third-order valence-corrected chi connectivity index (χ3v) is 3.73. The average molecular weight is 366 g/mol. The fourth-order valence-electron chi connectivity index (χ4n) is 2.23. The van der Waals surface area contributed by atoms with Crippen LogP contribution in [-0.2, 0) is 21.7 Å². The van der Waals surface area contributed by atoms with Gasteiger partial charge in [-0.15, -0.1) is 0 Å². The van der Waals surface area contributed by atoms with Crippen molar-refractivity contribution in [2.75, 3.05) is 6.54 Å². The molecular formula is C18H17F3N2O3. The fourth-order valence-corrected chi connectivity index (χ4v) is 2.23. The van der Waals surface area contributed by atoms with Crippen molar-refractivity contribution in [2.24, 2.45) is 0 Å². The molecule has 0 saturated heterocycles. The number of halogens is 3. The molecule has 5 nitrogen and oxygen atoms in total. The average Bonchev–Trinajstić information content (AvgIpc) is 2.64. The molecule has 0 radical (unpaired) electrons. The highest BCUT2D eigenvalue weighted by molar-refractivity contribution is 6.35. The fraction of sp³-hybridized carbons (Fsp3) is 0.222. The number of hydrogen-bond donors (Lipinski definition) is 3. The molecular weight excluding hydrogens is 349 g/mol. The van der Waals surface area contributed by atoms with Crippen molar-refractivity contribution in [2.45, 2.75) is 18.3 Å². The van der Waals surface area contributed by atoms with Crippen molar-refractivity contribution in [3.63, 3.8) is 0 Å². The molecule has 8 heteroatoms. The molecule has 0 aliphatic carbocycles. The minimum Gasteiger partial charge on any atom is -0.375 e. The van der Waals surface area contributed by atoms with E-state index in [9.17, 15) is 27.9 Å². The third kappa shape index (κ3) is 4.60. The number of rotatable bonds is 5. The lowest BCUT2D eigenvalue weighted by Crippen LogP contribution is -2.53. The van der Waals surface area contributed by atoms with Crippen LogP contribution in [-0.4, -0.2) is 29.6 Å². The zero-order valence-electron chi connectivity index (χ0n) is 13.6. The van der Waals surface area contributed by atoms with Gasteiger partial charge in [0.1, 0.15) is 0 Å². The number of carbonyl (C=O) groups is 2. The molecule has 2 aromatic carbocycles. The molecule has 2 amide bonds. The normalized spacial score (nSPS) is 13.5. The van der Waals surface area contributed by atoms with Crippen LogP contribution >= 0.6 is 0 Å². The monoisotopic (exact) mass is 366 g/mol. The Labute approximate surface area is 147 Å². The second kappa shape index (κ2) is 8.01. The second-order valence-corrected chi connectivity index (χ2v) is 5.58. The number of amides is 2. The summed E-state index contributed by atoms with van der Waals surface area (Å²) in [5.74, 6) is -2.36. The zero-order valence-corrected chi connectivity index (χ0v) is 13.6. The van der Waals surface area contributed by atoms with Crippen LogP contribution in [0.1, 0.15) is 11.1 Å². The minimum absolute atomic E-state index is 0.0509. The molecule has 2 rings (SSSR count). The van der Waals surface area contributed by atoms with E-state index in [4.69, 9.17) is 0 Å². The molecule has 1 unspecified atom stereocenters. The summed E-state index contributed by atoms with van der Waals surface area (Å²) in [6, 6.07) is 15.0. The Balaban J connectivity index is 2.00. The Bertz CT molecular complexity index is 751. The number of alkyl halides is 3. The van der Waals surface area contributed by atoms with Crippen LogP contribution in [0.4, 0.5) is 13.2 Å². The van der Waals surface area contributed by atoms with Gasteiger partial charge in [-0.1, -0.05) is 60.7 Å². The summed E-state index contributed by atoms with van der Waals surface area (Å²) in [6.45, 7) is -1.13. The highest BCUT2D eigenvalue weighted by Gasteiger charge is 2.55. The Morgan fingerprint density at radius 1 is 0.846 bits per heavy atom. The lowest BCUT2D eigenvalue weighted by Gasteiger charge is -2.31. The van der Waals surface area contributed by atoms with E-state index in [2.05, 4.69) is 5.32 Å². The maximum Gasteiger partial charge on any atom is 0.423 e. The van der Waals surface area contributed by atoms with Gasteiger partial charge >= 0.3 is 18.0 Å². The lowest BCUT2D eigenvalue weighted by atomic mass is 9.93. The van der Waals surface area contributed by atoms with Crippen LogP contribution in [0.5, 0.6) is 0 Å². The molecule has 0 aliphatic heterocycles. The summed E-state index contributed by atoms with van der Waals surface area (Å²) in [6.07, 6.45) is -5.04. The standard InChI is InChI=1S/C18H17F3N2O3/c19-18(20,21)17(26,14-9-5-2-6-10-14)12-23-16(25)15(24)22-11-13-7-3-1-4-8-13/h1-10,26H,11-12H2,(H,22,24)(H,23,25). The van der Waals surface area contributed by atoms with Gasteiger partial charge in [-0.2, -0.15) is 13.2 Å². The first-order valence-corrected chi connectivity index (χ1v) is 7.68. The summed E-state index contributed by atoms with van der Waals surface area (Å²) in [4.78, 5) is 23.5. The predicted octanol–water partition coefficient (Wildman–Crippen LogP) is 1.87. The van der Waals surface area contributed by atoms with E-state index in [1.165, 1.54) is 18.2 Å². The Hall–Kier alpha value is -2.87. The number of aliphatic hydroxyl groups is 1. The van der Waals surface area contributed by atoms with Gasteiger partial charge < -0.3 is 15.7 Å². The summed E-state index contributed by atoms with van der Waals surface area (Å²) >= 11 is 0. The van der Waals surface area contributed by atoms with Gasteiger partial charge in [0.15, 0.2) is 0 Å². The summed E-state index contributed by atoms with van der Waals surface area (Å²) in [5, 5.41) is 14.2. The van der Waals surface area contributed by atoms with E-state index in [-0.39, 0.29) is 6.54 Å².